The number of halogens is 3. The quantitative estimate of drug-likeness (QED) is 0.584. The van der Waals surface area contributed by atoms with E-state index in [-0.39, 0.29) is 16.2 Å². The minimum absolute atomic E-state index is 0.200. The number of nitrogens with one attached hydrogen (secondary N) is 2. The van der Waals surface area contributed by atoms with Crippen molar-refractivity contribution in [3.63, 3.8) is 0 Å². The van der Waals surface area contributed by atoms with Crippen molar-refractivity contribution in [3.05, 3.63) is 81.3 Å². The van der Waals surface area contributed by atoms with Gasteiger partial charge in [0.2, 0.25) is 0 Å². The number of anilines is 2. The van der Waals surface area contributed by atoms with Gasteiger partial charge in [-0.05, 0) is 42.5 Å². The van der Waals surface area contributed by atoms with E-state index in [1.54, 1.807) is 18.2 Å². The Morgan fingerprint density at radius 1 is 0.741 bits per heavy atom. The second-order valence-electron chi connectivity index (χ2n) is 5.34. The third kappa shape index (κ3) is 4.95. The first-order valence-electron chi connectivity index (χ1n) is 7.58. The van der Waals surface area contributed by atoms with E-state index in [0.29, 0.717) is 27.5 Å². The van der Waals surface area contributed by atoms with Crippen molar-refractivity contribution in [3.8, 4) is 0 Å². The van der Waals surface area contributed by atoms with E-state index in [2.05, 4.69) is 20.6 Å². The van der Waals surface area contributed by atoms with Crippen molar-refractivity contribution >= 4 is 58.0 Å². The molecule has 3 aromatic rings. The molecule has 0 unspecified atom stereocenters. The SMILES string of the molecule is O=C(Nc1ccc(Cl)c(NC(=O)c2ccnc(Cl)c2)c1)c1ccnc(Cl)c1. The molecule has 2 heterocycles. The van der Waals surface area contributed by atoms with Crippen LogP contribution in [0.5, 0.6) is 0 Å². The van der Waals surface area contributed by atoms with Crippen LogP contribution in [-0.2, 0) is 0 Å². The van der Waals surface area contributed by atoms with Gasteiger partial charge >= 0.3 is 0 Å². The Bertz CT molecular complexity index is 1030. The van der Waals surface area contributed by atoms with Crippen LogP contribution in [0.1, 0.15) is 20.7 Å². The summed E-state index contributed by atoms with van der Waals surface area (Å²) in [5, 5.41) is 6.11. The Morgan fingerprint density at radius 2 is 1.30 bits per heavy atom. The molecule has 3 rings (SSSR count). The van der Waals surface area contributed by atoms with E-state index >= 15 is 0 Å². The number of benzene rings is 1. The van der Waals surface area contributed by atoms with Crippen molar-refractivity contribution in [2.45, 2.75) is 0 Å². The van der Waals surface area contributed by atoms with Gasteiger partial charge < -0.3 is 10.6 Å². The van der Waals surface area contributed by atoms with Crippen LogP contribution in [-0.4, -0.2) is 21.8 Å². The van der Waals surface area contributed by atoms with Gasteiger partial charge in [-0.2, -0.15) is 0 Å². The number of carbonyl (C=O) groups excluding carboxylic acids is 2. The van der Waals surface area contributed by atoms with Crippen molar-refractivity contribution in [1.82, 2.24) is 9.97 Å². The minimum Gasteiger partial charge on any atom is -0.322 e. The van der Waals surface area contributed by atoms with Crippen LogP contribution in [0.15, 0.2) is 54.9 Å². The molecule has 6 nitrogen and oxygen atoms in total. The Balaban J connectivity index is 1.78. The van der Waals surface area contributed by atoms with Crippen LogP contribution in [0.4, 0.5) is 11.4 Å². The maximum absolute atomic E-state index is 12.3. The Labute approximate surface area is 169 Å². The summed E-state index contributed by atoms with van der Waals surface area (Å²) in [5.74, 6) is -0.787. The molecule has 2 aromatic heterocycles. The zero-order valence-corrected chi connectivity index (χ0v) is 15.8. The number of nitrogens with zero attached hydrogens (tertiary/aromatic N) is 2. The number of aromatic nitrogens is 2. The predicted octanol–water partition coefficient (Wildman–Crippen LogP) is 4.94. The van der Waals surface area contributed by atoms with E-state index in [1.807, 2.05) is 0 Å². The molecule has 0 aliphatic heterocycles. The maximum Gasteiger partial charge on any atom is 0.255 e. The van der Waals surface area contributed by atoms with E-state index in [4.69, 9.17) is 34.8 Å². The summed E-state index contributed by atoms with van der Waals surface area (Å²) in [4.78, 5) is 32.3. The third-order valence-corrected chi connectivity index (χ3v) is 4.19. The van der Waals surface area contributed by atoms with Gasteiger partial charge in [-0.25, -0.2) is 9.97 Å². The highest BCUT2D eigenvalue weighted by atomic mass is 35.5. The van der Waals surface area contributed by atoms with Gasteiger partial charge in [0.1, 0.15) is 10.3 Å². The molecule has 0 radical (unpaired) electrons. The second kappa shape index (κ2) is 8.35. The lowest BCUT2D eigenvalue weighted by molar-refractivity contribution is 0.101. The molecule has 0 aliphatic carbocycles. The second-order valence-corrected chi connectivity index (χ2v) is 6.52. The minimum atomic E-state index is -0.411. The summed E-state index contributed by atoms with van der Waals surface area (Å²) in [6, 6.07) is 10.7. The lowest BCUT2D eigenvalue weighted by Gasteiger charge is -2.11. The first-order valence-corrected chi connectivity index (χ1v) is 8.71. The summed E-state index contributed by atoms with van der Waals surface area (Å²) >= 11 is 17.7. The van der Waals surface area contributed by atoms with Gasteiger partial charge in [0.15, 0.2) is 0 Å². The number of hydrogen-bond donors (Lipinski definition) is 2. The number of pyridine rings is 2. The summed E-state index contributed by atoms with van der Waals surface area (Å²) in [5.41, 5.74) is 1.45. The van der Waals surface area contributed by atoms with Crippen LogP contribution >= 0.6 is 34.8 Å². The van der Waals surface area contributed by atoms with E-state index in [1.165, 1.54) is 36.7 Å². The molecule has 2 amide bonds. The molecule has 27 heavy (non-hydrogen) atoms. The summed E-state index contributed by atoms with van der Waals surface area (Å²) in [6.45, 7) is 0. The first-order chi connectivity index (χ1) is 12.9. The zero-order chi connectivity index (χ0) is 19.4. The van der Waals surface area contributed by atoms with Crippen molar-refractivity contribution in [2.24, 2.45) is 0 Å². The molecule has 0 saturated heterocycles. The molecule has 136 valence electrons. The molecule has 0 bridgehead atoms. The highest BCUT2D eigenvalue weighted by Gasteiger charge is 2.12. The lowest BCUT2D eigenvalue weighted by Crippen LogP contribution is -2.14. The summed E-state index contributed by atoms with van der Waals surface area (Å²) < 4.78 is 0. The molecule has 1 aromatic carbocycles. The fraction of sp³-hybridized carbons (Fsp3) is 0. The molecule has 2 N–H and O–H groups in total. The molecule has 9 heteroatoms. The maximum atomic E-state index is 12.3. The fourth-order valence-corrected chi connectivity index (χ4v) is 2.70. The number of amides is 2. The van der Waals surface area contributed by atoms with Crippen LogP contribution in [0.2, 0.25) is 15.3 Å². The van der Waals surface area contributed by atoms with Gasteiger partial charge in [0.25, 0.3) is 11.8 Å². The molecule has 0 fully saturated rings. The molecule has 0 aliphatic rings. The zero-order valence-electron chi connectivity index (χ0n) is 13.5. The van der Waals surface area contributed by atoms with Gasteiger partial charge in [-0.1, -0.05) is 34.8 Å². The lowest BCUT2D eigenvalue weighted by atomic mass is 10.2. The Kier molecular flexibility index (Phi) is 5.91. The van der Waals surface area contributed by atoms with Crippen molar-refractivity contribution in [2.75, 3.05) is 10.6 Å². The largest absolute Gasteiger partial charge is 0.322 e. The number of carbonyl (C=O) groups is 2. The van der Waals surface area contributed by atoms with Crippen molar-refractivity contribution in [1.29, 1.82) is 0 Å². The predicted molar refractivity (Wildman–Crippen MR) is 106 cm³/mol. The van der Waals surface area contributed by atoms with Crippen molar-refractivity contribution < 1.29 is 9.59 Å². The summed E-state index contributed by atoms with van der Waals surface area (Å²) in [7, 11) is 0. The summed E-state index contributed by atoms with van der Waals surface area (Å²) in [6.07, 6.45) is 2.86. The topological polar surface area (TPSA) is 84.0 Å². The smallest absolute Gasteiger partial charge is 0.255 e. The standard InChI is InChI=1S/C18H11Cl3N4O2/c19-13-2-1-12(24-17(26)10-3-5-22-15(20)7-10)9-14(13)25-18(27)11-4-6-23-16(21)8-11/h1-9H,(H,24,26)(H,25,27). The van der Waals surface area contributed by atoms with Gasteiger partial charge in [0, 0.05) is 29.2 Å². The fourth-order valence-electron chi connectivity index (χ4n) is 2.18. The average molecular weight is 422 g/mol. The molecule has 0 spiro atoms. The monoisotopic (exact) mass is 420 g/mol. The molecule has 0 saturated carbocycles. The van der Waals surface area contributed by atoms with Crippen LogP contribution in [0.25, 0.3) is 0 Å². The highest BCUT2D eigenvalue weighted by molar-refractivity contribution is 6.34. The van der Waals surface area contributed by atoms with Gasteiger partial charge in [-0.15, -0.1) is 0 Å². The normalized spacial score (nSPS) is 10.3. The van der Waals surface area contributed by atoms with Crippen LogP contribution in [0.3, 0.4) is 0 Å². The van der Waals surface area contributed by atoms with Crippen LogP contribution < -0.4 is 10.6 Å². The first kappa shape index (κ1) is 19.1. The Morgan fingerprint density at radius 3 is 1.85 bits per heavy atom. The highest BCUT2D eigenvalue weighted by Crippen LogP contribution is 2.26. The molecule has 0 atom stereocenters. The van der Waals surface area contributed by atoms with E-state index in [9.17, 15) is 9.59 Å². The third-order valence-electron chi connectivity index (χ3n) is 3.45. The number of hydrogen-bond acceptors (Lipinski definition) is 4. The molecular weight excluding hydrogens is 411 g/mol. The van der Waals surface area contributed by atoms with Gasteiger partial charge in [0.05, 0.1) is 10.7 Å². The Hall–Kier alpha value is -2.67. The van der Waals surface area contributed by atoms with Gasteiger partial charge in [-0.3, -0.25) is 9.59 Å². The average Bonchev–Trinajstić information content (AvgIpc) is 2.64. The van der Waals surface area contributed by atoms with E-state index in [0.717, 1.165) is 0 Å². The number of rotatable bonds is 4. The van der Waals surface area contributed by atoms with Crippen LogP contribution in [0, 0.1) is 0 Å². The molecular formula is C18H11Cl3N4O2. The van der Waals surface area contributed by atoms with E-state index < -0.39 is 5.91 Å².